The van der Waals surface area contributed by atoms with Crippen molar-refractivity contribution in [2.24, 2.45) is 0 Å². The quantitative estimate of drug-likeness (QED) is 0.282. The van der Waals surface area contributed by atoms with Crippen LogP contribution in [0.25, 0.3) is 17.4 Å². The maximum absolute atomic E-state index is 12.8. The molecule has 1 aliphatic heterocycles. The number of carbonyl (C=O) groups is 4. The van der Waals surface area contributed by atoms with Crippen LogP contribution in [-0.2, 0) is 14.3 Å². The van der Waals surface area contributed by atoms with Gasteiger partial charge in [0, 0.05) is 22.3 Å². The Kier molecular flexibility index (Phi) is 7.83. The van der Waals surface area contributed by atoms with E-state index in [-0.39, 0.29) is 22.1 Å². The molecule has 36 heavy (non-hydrogen) atoms. The Hall–Kier alpha value is -3.53. The van der Waals surface area contributed by atoms with Gasteiger partial charge in [-0.3, -0.25) is 19.3 Å². The number of esters is 1. The number of nitrogens with zero attached hydrogens (tertiary/aromatic N) is 1. The molecule has 8 nitrogen and oxygen atoms in total. The first-order valence-corrected chi connectivity index (χ1v) is 12.2. The lowest BCUT2D eigenvalue weighted by Gasteiger charge is -2.12. The fourth-order valence-electron chi connectivity index (χ4n) is 3.31. The third kappa shape index (κ3) is 5.81. The van der Waals surface area contributed by atoms with Gasteiger partial charge in [0.15, 0.2) is 0 Å². The van der Waals surface area contributed by atoms with E-state index < -0.39 is 29.6 Å². The second kappa shape index (κ2) is 11.0. The smallest absolute Gasteiger partial charge is 0.339 e. The molecule has 0 bridgehead atoms. The van der Waals surface area contributed by atoms with Gasteiger partial charge in [-0.2, -0.15) is 0 Å². The monoisotopic (exact) mass is 544 g/mol. The summed E-state index contributed by atoms with van der Waals surface area (Å²) in [7, 11) is 0. The zero-order chi connectivity index (χ0) is 25.8. The Labute approximate surface area is 220 Å². The van der Waals surface area contributed by atoms with E-state index in [1.165, 1.54) is 6.08 Å². The first kappa shape index (κ1) is 25.6. The Morgan fingerprint density at radius 1 is 1.11 bits per heavy atom. The molecular formula is C25H18Cl2N2O6S. The minimum absolute atomic E-state index is 0.111. The van der Waals surface area contributed by atoms with Crippen LogP contribution in [0.2, 0.25) is 10.0 Å². The third-order valence-corrected chi connectivity index (χ3v) is 6.40. The van der Waals surface area contributed by atoms with Crippen molar-refractivity contribution in [3.8, 4) is 11.3 Å². The van der Waals surface area contributed by atoms with Crippen LogP contribution < -0.4 is 5.32 Å². The van der Waals surface area contributed by atoms with Crippen LogP contribution in [0.1, 0.15) is 23.0 Å². The van der Waals surface area contributed by atoms with Crippen LogP contribution in [0.5, 0.6) is 0 Å². The standard InChI is InChI=1S/C25H18Cl2N2O6S/c1-2-34-24(32)18-10-14(6-8-19(18)27)20-9-7-17(35-20)12-21-23(31)29(25(33)36-21)13-22(30)28-16-5-3-4-15(26)11-16/h3-12H,2,13H2,1H3,(H,28,30)/b21-12+. The summed E-state index contributed by atoms with van der Waals surface area (Å²) in [5.74, 6) is -0.971. The zero-order valence-corrected chi connectivity index (χ0v) is 21.1. The SMILES string of the molecule is CCOC(=O)c1cc(-c2ccc(/C=C3/SC(=O)N(CC(=O)Nc4cccc(Cl)c4)C3=O)o2)ccc1Cl. The molecule has 1 saturated heterocycles. The summed E-state index contributed by atoms with van der Waals surface area (Å²) in [4.78, 5) is 50.6. The molecule has 0 aliphatic carbocycles. The lowest BCUT2D eigenvalue weighted by Crippen LogP contribution is -2.36. The van der Waals surface area contributed by atoms with Gasteiger partial charge in [-0.25, -0.2) is 4.79 Å². The van der Waals surface area contributed by atoms with Gasteiger partial charge in [-0.1, -0.05) is 29.3 Å². The number of nitrogens with one attached hydrogen (secondary N) is 1. The molecule has 0 saturated carbocycles. The molecule has 1 fully saturated rings. The van der Waals surface area contributed by atoms with Gasteiger partial charge in [0.05, 0.1) is 22.1 Å². The summed E-state index contributed by atoms with van der Waals surface area (Å²) < 4.78 is 10.8. The van der Waals surface area contributed by atoms with Crippen LogP contribution >= 0.6 is 35.0 Å². The van der Waals surface area contributed by atoms with Gasteiger partial charge in [0.2, 0.25) is 5.91 Å². The Morgan fingerprint density at radius 3 is 2.67 bits per heavy atom. The Bertz CT molecular complexity index is 1400. The summed E-state index contributed by atoms with van der Waals surface area (Å²) in [6.45, 7) is 1.46. The van der Waals surface area contributed by atoms with Crippen LogP contribution in [-0.4, -0.2) is 41.1 Å². The lowest BCUT2D eigenvalue weighted by atomic mass is 10.1. The predicted octanol–water partition coefficient (Wildman–Crippen LogP) is 6.11. The maximum Gasteiger partial charge on any atom is 0.339 e. The number of imide groups is 1. The van der Waals surface area contributed by atoms with Crippen molar-refractivity contribution < 1.29 is 28.3 Å². The van der Waals surface area contributed by atoms with E-state index >= 15 is 0 Å². The van der Waals surface area contributed by atoms with Crippen molar-refractivity contribution in [1.29, 1.82) is 0 Å². The summed E-state index contributed by atoms with van der Waals surface area (Å²) in [6.07, 6.45) is 1.42. The summed E-state index contributed by atoms with van der Waals surface area (Å²) >= 11 is 12.7. The minimum atomic E-state index is -0.611. The van der Waals surface area contributed by atoms with E-state index in [0.29, 0.717) is 39.6 Å². The van der Waals surface area contributed by atoms with Crippen molar-refractivity contribution in [1.82, 2.24) is 4.90 Å². The van der Waals surface area contributed by atoms with Gasteiger partial charge in [0.1, 0.15) is 18.1 Å². The molecule has 2 heterocycles. The number of carbonyl (C=O) groups excluding carboxylic acids is 4. The van der Waals surface area contributed by atoms with Gasteiger partial charge in [0.25, 0.3) is 11.1 Å². The van der Waals surface area contributed by atoms with Crippen molar-refractivity contribution in [3.05, 3.63) is 80.9 Å². The highest BCUT2D eigenvalue weighted by Gasteiger charge is 2.36. The van der Waals surface area contributed by atoms with Crippen LogP contribution in [0.3, 0.4) is 0 Å². The van der Waals surface area contributed by atoms with Gasteiger partial charge >= 0.3 is 5.97 Å². The number of anilines is 1. The normalized spacial score (nSPS) is 14.4. The first-order chi connectivity index (χ1) is 17.2. The van der Waals surface area contributed by atoms with Crippen LogP contribution in [0, 0.1) is 0 Å². The highest BCUT2D eigenvalue weighted by molar-refractivity contribution is 8.18. The number of hydrogen-bond donors (Lipinski definition) is 1. The van der Waals surface area contributed by atoms with Crippen LogP contribution in [0.4, 0.5) is 10.5 Å². The Balaban J connectivity index is 1.47. The van der Waals surface area contributed by atoms with Gasteiger partial charge < -0.3 is 14.5 Å². The van der Waals surface area contributed by atoms with Crippen molar-refractivity contribution in [3.63, 3.8) is 0 Å². The summed E-state index contributed by atoms with van der Waals surface area (Å²) in [6, 6.07) is 14.6. The predicted molar refractivity (Wildman–Crippen MR) is 138 cm³/mol. The van der Waals surface area contributed by atoms with E-state index in [2.05, 4.69) is 5.32 Å². The van der Waals surface area contributed by atoms with E-state index in [1.807, 2.05) is 0 Å². The molecule has 11 heteroatoms. The number of halogens is 2. The number of furan rings is 1. The third-order valence-electron chi connectivity index (χ3n) is 4.93. The fraction of sp³-hybridized carbons (Fsp3) is 0.120. The molecule has 0 atom stereocenters. The topological polar surface area (TPSA) is 106 Å². The first-order valence-electron chi connectivity index (χ1n) is 10.6. The molecule has 3 aromatic rings. The van der Waals surface area contributed by atoms with E-state index in [1.54, 1.807) is 61.5 Å². The van der Waals surface area contributed by atoms with Crippen molar-refractivity contribution in [2.75, 3.05) is 18.5 Å². The number of ether oxygens (including phenoxy) is 1. The van der Waals surface area contributed by atoms with Gasteiger partial charge in [-0.05, 0) is 67.2 Å². The molecule has 2 aromatic carbocycles. The van der Waals surface area contributed by atoms with E-state index in [4.69, 9.17) is 32.4 Å². The number of hydrogen-bond acceptors (Lipinski definition) is 7. The number of amides is 3. The molecule has 0 radical (unpaired) electrons. The minimum Gasteiger partial charge on any atom is -0.462 e. The highest BCUT2D eigenvalue weighted by Crippen LogP contribution is 2.34. The maximum atomic E-state index is 12.8. The Morgan fingerprint density at radius 2 is 1.92 bits per heavy atom. The van der Waals surface area contributed by atoms with E-state index in [9.17, 15) is 19.2 Å². The molecule has 184 valence electrons. The second-order valence-corrected chi connectivity index (χ2v) is 9.28. The van der Waals surface area contributed by atoms with Crippen molar-refractivity contribution >= 4 is 69.8 Å². The molecule has 1 aromatic heterocycles. The molecule has 1 aliphatic rings. The summed E-state index contributed by atoms with van der Waals surface area (Å²) in [5.41, 5.74) is 1.23. The fourth-order valence-corrected chi connectivity index (χ4v) is 4.51. The van der Waals surface area contributed by atoms with Crippen molar-refractivity contribution in [2.45, 2.75) is 6.92 Å². The largest absolute Gasteiger partial charge is 0.462 e. The molecule has 0 spiro atoms. The summed E-state index contributed by atoms with van der Waals surface area (Å²) in [5, 5.41) is 2.72. The average molecular weight is 545 g/mol. The molecular weight excluding hydrogens is 527 g/mol. The average Bonchev–Trinajstić information content (AvgIpc) is 3.40. The van der Waals surface area contributed by atoms with Crippen LogP contribution in [0.15, 0.2) is 63.9 Å². The zero-order valence-electron chi connectivity index (χ0n) is 18.7. The van der Waals surface area contributed by atoms with Gasteiger partial charge in [-0.15, -0.1) is 0 Å². The van der Waals surface area contributed by atoms with E-state index in [0.717, 1.165) is 4.90 Å². The second-order valence-electron chi connectivity index (χ2n) is 7.44. The molecule has 3 amide bonds. The highest BCUT2D eigenvalue weighted by atomic mass is 35.5. The molecule has 4 rings (SSSR count). The number of benzene rings is 2. The molecule has 0 unspecified atom stereocenters. The molecule has 1 N–H and O–H groups in total. The number of thioether (sulfide) groups is 1. The lowest BCUT2D eigenvalue weighted by molar-refractivity contribution is -0.127. The number of rotatable bonds is 7.